The molecular weight excluding hydrogens is 264 g/mol. The molecule has 3 N–H and O–H groups in total. The number of methoxy groups -OCH3 is 1. The summed E-state index contributed by atoms with van der Waals surface area (Å²) in [5, 5.41) is 2.86. The molecule has 0 saturated heterocycles. The Kier molecular flexibility index (Phi) is 5.49. The topological polar surface area (TPSA) is 64.3 Å². The van der Waals surface area contributed by atoms with Crippen molar-refractivity contribution in [3.8, 4) is 0 Å². The number of carbonyl (C=O) groups excluding carboxylic acids is 1. The van der Waals surface area contributed by atoms with E-state index in [-0.39, 0.29) is 5.91 Å². The third kappa shape index (κ3) is 4.41. The van der Waals surface area contributed by atoms with E-state index >= 15 is 0 Å². The molecule has 21 heavy (non-hydrogen) atoms. The van der Waals surface area contributed by atoms with Crippen molar-refractivity contribution in [3.63, 3.8) is 0 Å². The number of hydrogen-bond donors (Lipinski definition) is 2. The third-order valence-electron chi connectivity index (χ3n) is 3.21. The summed E-state index contributed by atoms with van der Waals surface area (Å²) in [6, 6.07) is 16.6. The van der Waals surface area contributed by atoms with Gasteiger partial charge in [-0.05, 0) is 16.7 Å². The van der Waals surface area contributed by atoms with Gasteiger partial charge >= 0.3 is 0 Å². The van der Waals surface area contributed by atoms with Gasteiger partial charge in [-0.15, -0.1) is 0 Å². The van der Waals surface area contributed by atoms with Crippen LogP contribution in [0.1, 0.15) is 22.7 Å². The second-order valence-corrected chi connectivity index (χ2v) is 4.86. The van der Waals surface area contributed by atoms with Gasteiger partial charge in [0.25, 0.3) is 0 Å². The van der Waals surface area contributed by atoms with Gasteiger partial charge in [0.15, 0.2) is 0 Å². The summed E-state index contributed by atoms with van der Waals surface area (Å²) in [5.41, 5.74) is 8.86. The van der Waals surface area contributed by atoms with Crippen LogP contribution in [0.25, 0.3) is 0 Å². The van der Waals surface area contributed by atoms with Crippen LogP contribution in [0.2, 0.25) is 0 Å². The fraction of sp³-hybridized carbons (Fsp3) is 0.235. The van der Waals surface area contributed by atoms with E-state index in [1.807, 2.05) is 54.6 Å². The normalized spacial score (nSPS) is 11.9. The fourth-order valence-electron chi connectivity index (χ4n) is 2.11. The first-order valence-corrected chi connectivity index (χ1v) is 6.85. The van der Waals surface area contributed by atoms with E-state index in [2.05, 4.69) is 5.32 Å². The maximum Gasteiger partial charge on any atom is 0.241 e. The lowest BCUT2D eigenvalue weighted by Crippen LogP contribution is -2.33. The summed E-state index contributed by atoms with van der Waals surface area (Å²) < 4.78 is 5.10. The number of amides is 1. The van der Waals surface area contributed by atoms with Gasteiger partial charge in [-0.3, -0.25) is 4.79 Å². The summed E-state index contributed by atoms with van der Waals surface area (Å²) in [6.45, 7) is 1.02. The molecule has 0 aromatic heterocycles. The molecule has 110 valence electrons. The highest BCUT2D eigenvalue weighted by molar-refractivity contribution is 5.82. The van der Waals surface area contributed by atoms with Gasteiger partial charge in [-0.2, -0.15) is 0 Å². The van der Waals surface area contributed by atoms with Crippen LogP contribution in [-0.2, 0) is 22.7 Å². The number of nitrogens with two attached hydrogens (primary N) is 1. The van der Waals surface area contributed by atoms with Gasteiger partial charge in [0.05, 0.1) is 6.61 Å². The molecule has 4 nitrogen and oxygen atoms in total. The maximum atomic E-state index is 12.1. The van der Waals surface area contributed by atoms with Crippen LogP contribution in [0.15, 0.2) is 54.6 Å². The van der Waals surface area contributed by atoms with Crippen molar-refractivity contribution in [1.82, 2.24) is 5.32 Å². The van der Waals surface area contributed by atoms with E-state index in [9.17, 15) is 4.79 Å². The lowest BCUT2D eigenvalue weighted by molar-refractivity contribution is -0.122. The monoisotopic (exact) mass is 284 g/mol. The highest BCUT2D eigenvalue weighted by atomic mass is 16.5. The highest BCUT2D eigenvalue weighted by Gasteiger charge is 2.14. The fourth-order valence-corrected chi connectivity index (χ4v) is 2.11. The van der Waals surface area contributed by atoms with E-state index in [0.717, 1.165) is 16.7 Å². The Morgan fingerprint density at radius 3 is 2.57 bits per heavy atom. The number of ether oxygens (including phenoxy) is 1. The van der Waals surface area contributed by atoms with E-state index in [1.165, 1.54) is 0 Å². The summed E-state index contributed by atoms with van der Waals surface area (Å²) in [6.07, 6.45) is 0. The second-order valence-electron chi connectivity index (χ2n) is 4.86. The van der Waals surface area contributed by atoms with Crippen LogP contribution < -0.4 is 11.1 Å². The largest absolute Gasteiger partial charge is 0.380 e. The van der Waals surface area contributed by atoms with Crippen molar-refractivity contribution in [1.29, 1.82) is 0 Å². The molecule has 1 amide bonds. The van der Waals surface area contributed by atoms with Crippen molar-refractivity contribution >= 4 is 5.91 Å². The summed E-state index contributed by atoms with van der Waals surface area (Å²) in [5.74, 6) is -0.182. The minimum Gasteiger partial charge on any atom is -0.380 e. The van der Waals surface area contributed by atoms with Gasteiger partial charge in [-0.1, -0.05) is 54.6 Å². The quantitative estimate of drug-likeness (QED) is 0.854. The number of carbonyl (C=O) groups is 1. The number of nitrogens with one attached hydrogen (secondary N) is 1. The smallest absolute Gasteiger partial charge is 0.241 e. The van der Waals surface area contributed by atoms with E-state index in [0.29, 0.717) is 13.2 Å². The zero-order valence-electron chi connectivity index (χ0n) is 12.1. The molecule has 2 rings (SSSR count). The van der Waals surface area contributed by atoms with Crippen LogP contribution in [0.4, 0.5) is 0 Å². The SMILES string of the molecule is COCc1cccc(CNC(=O)[C@@H](N)c2ccccc2)c1. The molecule has 0 aliphatic rings. The average molecular weight is 284 g/mol. The zero-order valence-corrected chi connectivity index (χ0v) is 12.1. The van der Waals surface area contributed by atoms with Gasteiger partial charge < -0.3 is 15.8 Å². The van der Waals surface area contributed by atoms with Crippen molar-refractivity contribution in [2.45, 2.75) is 19.2 Å². The van der Waals surface area contributed by atoms with Crippen LogP contribution in [0, 0.1) is 0 Å². The lowest BCUT2D eigenvalue weighted by Gasteiger charge is -2.13. The first-order chi connectivity index (χ1) is 10.2. The van der Waals surface area contributed by atoms with Crippen molar-refractivity contribution in [3.05, 3.63) is 71.3 Å². The minimum absolute atomic E-state index is 0.182. The Labute approximate surface area is 124 Å². The first-order valence-electron chi connectivity index (χ1n) is 6.85. The predicted octanol–water partition coefficient (Wildman–Crippen LogP) is 2.15. The van der Waals surface area contributed by atoms with E-state index in [1.54, 1.807) is 7.11 Å². The van der Waals surface area contributed by atoms with E-state index in [4.69, 9.17) is 10.5 Å². The Morgan fingerprint density at radius 2 is 1.86 bits per heavy atom. The van der Waals surface area contributed by atoms with Gasteiger partial charge in [0.1, 0.15) is 6.04 Å². The molecule has 0 radical (unpaired) electrons. The highest BCUT2D eigenvalue weighted by Crippen LogP contribution is 2.10. The Bertz CT molecular complexity index is 584. The molecule has 1 atom stereocenters. The summed E-state index contributed by atoms with van der Waals surface area (Å²) in [7, 11) is 1.66. The summed E-state index contributed by atoms with van der Waals surface area (Å²) >= 11 is 0. The number of rotatable bonds is 6. The molecule has 0 aliphatic carbocycles. The Morgan fingerprint density at radius 1 is 1.14 bits per heavy atom. The van der Waals surface area contributed by atoms with Gasteiger partial charge in [0.2, 0.25) is 5.91 Å². The molecule has 0 bridgehead atoms. The minimum atomic E-state index is -0.645. The van der Waals surface area contributed by atoms with Crippen LogP contribution >= 0.6 is 0 Å². The average Bonchev–Trinajstić information content (AvgIpc) is 2.53. The lowest BCUT2D eigenvalue weighted by atomic mass is 10.1. The Hall–Kier alpha value is -2.17. The van der Waals surface area contributed by atoms with Crippen LogP contribution in [-0.4, -0.2) is 13.0 Å². The standard InChI is InChI=1S/C17H20N2O2/c1-21-12-14-7-5-6-13(10-14)11-19-17(20)16(18)15-8-3-2-4-9-15/h2-10,16H,11-12,18H2,1H3,(H,19,20)/t16-/m0/s1. The second kappa shape index (κ2) is 7.57. The molecule has 0 unspecified atom stereocenters. The van der Waals surface area contributed by atoms with Crippen LogP contribution in [0.3, 0.4) is 0 Å². The maximum absolute atomic E-state index is 12.1. The first kappa shape index (κ1) is 15.2. The molecule has 0 spiro atoms. The van der Waals surface area contributed by atoms with Crippen molar-refractivity contribution in [2.24, 2.45) is 5.73 Å². The molecule has 0 heterocycles. The molecule has 0 saturated carbocycles. The molecule has 4 heteroatoms. The van der Waals surface area contributed by atoms with Crippen molar-refractivity contribution in [2.75, 3.05) is 7.11 Å². The summed E-state index contributed by atoms with van der Waals surface area (Å²) in [4.78, 5) is 12.1. The van der Waals surface area contributed by atoms with Crippen molar-refractivity contribution < 1.29 is 9.53 Å². The zero-order chi connectivity index (χ0) is 15.1. The predicted molar refractivity (Wildman–Crippen MR) is 82.4 cm³/mol. The molecule has 0 aliphatic heterocycles. The van der Waals surface area contributed by atoms with Gasteiger partial charge in [-0.25, -0.2) is 0 Å². The number of hydrogen-bond acceptors (Lipinski definition) is 3. The third-order valence-corrected chi connectivity index (χ3v) is 3.21. The molecular formula is C17H20N2O2. The van der Waals surface area contributed by atoms with E-state index < -0.39 is 6.04 Å². The molecule has 2 aromatic carbocycles. The van der Waals surface area contributed by atoms with Crippen LogP contribution in [0.5, 0.6) is 0 Å². The Balaban J connectivity index is 1.93. The molecule has 2 aromatic rings. The molecule has 0 fully saturated rings. The number of benzene rings is 2. The van der Waals surface area contributed by atoms with Gasteiger partial charge in [0, 0.05) is 13.7 Å².